The highest BCUT2D eigenvalue weighted by Crippen LogP contribution is 2.09. The van der Waals surface area contributed by atoms with Gasteiger partial charge in [0.2, 0.25) is 0 Å². The van der Waals surface area contributed by atoms with Gasteiger partial charge in [0, 0.05) is 19.3 Å². The van der Waals surface area contributed by atoms with Crippen molar-refractivity contribution in [2.75, 3.05) is 0 Å². The van der Waals surface area contributed by atoms with Crippen molar-refractivity contribution < 1.29 is 9.90 Å². The number of hydrogen-bond acceptors (Lipinski definition) is 1. The SMILES string of the molecule is CCC#CC#CCCCCCCCCCC(=O)O. The van der Waals surface area contributed by atoms with Crippen LogP contribution in [-0.2, 0) is 4.79 Å². The molecule has 2 nitrogen and oxygen atoms in total. The van der Waals surface area contributed by atoms with Crippen molar-refractivity contribution in [3.63, 3.8) is 0 Å². The average Bonchev–Trinajstić information content (AvgIpc) is 2.34. The third-order valence-electron chi connectivity index (χ3n) is 2.61. The van der Waals surface area contributed by atoms with E-state index in [4.69, 9.17) is 5.11 Å². The predicted octanol–water partition coefficient (Wildman–Crippen LogP) is 4.00. The Hall–Kier alpha value is -1.41. The molecule has 0 amide bonds. The second-order valence-electron chi connectivity index (χ2n) is 4.33. The quantitative estimate of drug-likeness (QED) is 0.494. The molecule has 18 heavy (non-hydrogen) atoms. The van der Waals surface area contributed by atoms with Gasteiger partial charge in [-0.05, 0) is 24.7 Å². The number of carbonyl (C=O) groups is 1. The molecule has 0 aliphatic heterocycles. The molecule has 0 heterocycles. The maximum atomic E-state index is 10.3. The zero-order valence-corrected chi connectivity index (χ0v) is 11.4. The van der Waals surface area contributed by atoms with E-state index in [9.17, 15) is 4.79 Å². The van der Waals surface area contributed by atoms with E-state index in [0.717, 1.165) is 38.5 Å². The minimum Gasteiger partial charge on any atom is -0.481 e. The largest absolute Gasteiger partial charge is 0.481 e. The van der Waals surface area contributed by atoms with Crippen molar-refractivity contribution in [1.82, 2.24) is 0 Å². The molecule has 0 spiro atoms. The molecule has 0 aromatic carbocycles. The molecule has 0 aliphatic carbocycles. The van der Waals surface area contributed by atoms with E-state index in [1.165, 1.54) is 19.3 Å². The fraction of sp³-hybridized carbons (Fsp3) is 0.688. The van der Waals surface area contributed by atoms with Crippen LogP contribution in [0.1, 0.15) is 71.1 Å². The van der Waals surface area contributed by atoms with E-state index in [1.807, 2.05) is 6.92 Å². The fourth-order valence-corrected chi connectivity index (χ4v) is 1.61. The van der Waals surface area contributed by atoms with Crippen LogP contribution in [0.5, 0.6) is 0 Å². The van der Waals surface area contributed by atoms with Gasteiger partial charge in [-0.3, -0.25) is 4.79 Å². The summed E-state index contributed by atoms with van der Waals surface area (Å²) in [6, 6.07) is 0. The first-order valence-electron chi connectivity index (χ1n) is 6.95. The molecule has 0 radical (unpaired) electrons. The van der Waals surface area contributed by atoms with Gasteiger partial charge in [0.15, 0.2) is 0 Å². The minimum atomic E-state index is -0.681. The summed E-state index contributed by atoms with van der Waals surface area (Å²) in [6.45, 7) is 2.02. The van der Waals surface area contributed by atoms with Crippen molar-refractivity contribution in [3.8, 4) is 23.7 Å². The molecule has 0 bridgehead atoms. The minimum absolute atomic E-state index is 0.314. The van der Waals surface area contributed by atoms with Gasteiger partial charge in [0.05, 0.1) is 0 Å². The molecule has 2 heteroatoms. The summed E-state index contributed by atoms with van der Waals surface area (Å²) in [5.41, 5.74) is 0. The summed E-state index contributed by atoms with van der Waals surface area (Å²) in [5, 5.41) is 8.47. The van der Waals surface area contributed by atoms with Gasteiger partial charge in [-0.15, -0.1) is 0 Å². The summed E-state index contributed by atoms with van der Waals surface area (Å²) in [5.74, 6) is 11.0. The molecular weight excluding hydrogens is 224 g/mol. The van der Waals surface area contributed by atoms with Crippen LogP contribution in [-0.4, -0.2) is 11.1 Å². The van der Waals surface area contributed by atoms with Crippen LogP contribution in [0.25, 0.3) is 0 Å². The number of rotatable bonds is 9. The summed E-state index contributed by atoms with van der Waals surface area (Å²) in [4.78, 5) is 10.3. The Labute approximate surface area is 111 Å². The third kappa shape index (κ3) is 14.6. The molecule has 0 aliphatic rings. The summed E-state index contributed by atoms with van der Waals surface area (Å²) in [6.07, 6.45) is 9.95. The Kier molecular flexibility index (Phi) is 12.6. The second-order valence-corrected chi connectivity index (χ2v) is 4.33. The molecule has 0 rings (SSSR count). The Morgan fingerprint density at radius 1 is 0.889 bits per heavy atom. The van der Waals surface area contributed by atoms with E-state index < -0.39 is 5.97 Å². The first-order chi connectivity index (χ1) is 8.77. The lowest BCUT2D eigenvalue weighted by Gasteiger charge is -1.99. The van der Waals surface area contributed by atoms with Crippen LogP contribution in [0.3, 0.4) is 0 Å². The number of aliphatic carboxylic acids is 1. The Morgan fingerprint density at radius 3 is 2.06 bits per heavy atom. The molecule has 100 valence electrons. The van der Waals surface area contributed by atoms with Crippen LogP contribution in [0, 0.1) is 23.7 Å². The van der Waals surface area contributed by atoms with Gasteiger partial charge in [-0.2, -0.15) is 0 Å². The van der Waals surface area contributed by atoms with Gasteiger partial charge >= 0.3 is 5.97 Å². The molecule has 0 aromatic heterocycles. The molecule has 1 N–H and O–H groups in total. The van der Waals surface area contributed by atoms with Gasteiger partial charge in [0.25, 0.3) is 0 Å². The lowest BCUT2D eigenvalue weighted by Crippen LogP contribution is -1.93. The monoisotopic (exact) mass is 248 g/mol. The van der Waals surface area contributed by atoms with E-state index in [2.05, 4.69) is 23.7 Å². The van der Waals surface area contributed by atoms with Gasteiger partial charge in [-0.1, -0.05) is 50.9 Å². The zero-order chi connectivity index (χ0) is 13.5. The lowest BCUT2D eigenvalue weighted by molar-refractivity contribution is -0.137. The van der Waals surface area contributed by atoms with Crippen molar-refractivity contribution in [2.45, 2.75) is 71.1 Å². The summed E-state index contributed by atoms with van der Waals surface area (Å²) < 4.78 is 0. The summed E-state index contributed by atoms with van der Waals surface area (Å²) in [7, 11) is 0. The highest BCUT2D eigenvalue weighted by Gasteiger charge is 1.96. The molecule has 0 unspecified atom stereocenters. The van der Waals surface area contributed by atoms with Gasteiger partial charge in [-0.25, -0.2) is 0 Å². The molecule has 0 atom stereocenters. The molecule has 0 aromatic rings. The highest BCUT2D eigenvalue weighted by atomic mass is 16.4. The predicted molar refractivity (Wildman–Crippen MR) is 75.0 cm³/mol. The lowest BCUT2D eigenvalue weighted by atomic mass is 10.1. The first-order valence-corrected chi connectivity index (χ1v) is 6.95. The Balaban J connectivity index is 3.16. The number of hydrogen-bond donors (Lipinski definition) is 1. The second kappa shape index (κ2) is 13.7. The number of carboxylic acids is 1. The number of carboxylic acid groups (broad SMARTS) is 1. The molecule has 0 saturated heterocycles. The zero-order valence-electron chi connectivity index (χ0n) is 11.4. The van der Waals surface area contributed by atoms with Crippen LogP contribution >= 0.6 is 0 Å². The van der Waals surface area contributed by atoms with E-state index in [-0.39, 0.29) is 0 Å². The Morgan fingerprint density at radius 2 is 1.44 bits per heavy atom. The van der Waals surface area contributed by atoms with Crippen molar-refractivity contribution in [3.05, 3.63) is 0 Å². The third-order valence-corrected chi connectivity index (χ3v) is 2.61. The van der Waals surface area contributed by atoms with Gasteiger partial charge < -0.3 is 5.11 Å². The standard InChI is InChI=1S/C16H24O2/c1-2-3-4-5-6-7-8-9-10-11-12-13-14-15-16(17)18/h2,7-15H2,1H3,(H,17,18). The van der Waals surface area contributed by atoms with Crippen LogP contribution in [0.4, 0.5) is 0 Å². The van der Waals surface area contributed by atoms with E-state index >= 15 is 0 Å². The summed E-state index contributed by atoms with van der Waals surface area (Å²) >= 11 is 0. The molecule has 0 fully saturated rings. The van der Waals surface area contributed by atoms with E-state index in [0.29, 0.717) is 6.42 Å². The smallest absolute Gasteiger partial charge is 0.303 e. The van der Waals surface area contributed by atoms with Crippen molar-refractivity contribution in [2.24, 2.45) is 0 Å². The highest BCUT2D eigenvalue weighted by molar-refractivity contribution is 5.66. The van der Waals surface area contributed by atoms with Crippen LogP contribution < -0.4 is 0 Å². The number of unbranched alkanes of at least 4 members (excludes halogenated alkanes) is 7. The maximum Gasteiger partial charge on any atom is 0.303 e. The van der Waals surface area contributed by atoms with E-state index in [1.54, 1.807) is 0 Å². The molecular formula is C16H24O2. The normalized spacial score (nSPS) is 8.94. The maximum absolute atomic E-state index is 10.3. The van der Waals surface area contributed by atoms with Crippen LogP contribution in [0.15, 0.2) is 0 Å². The van der Waals surface area contributed by atoms with Crippen LogP contribution in [0.2, 0.25) is 0 Å². The topological polar surface area (TPSA) is 37.3 Å². The first kappa shape index (κ1) is 16.6. The average molecular weight is 248 g/mol. The molecule has 0 saturated carbocycles. The van der Waals surface area contributed by atoms with Crippen molar-refractivity contribution in [1.29, 1.82) is 0 Å². The van der Waals surface area contributed by atoms with Crippen molar-refractivity contribution >= 4 is 5.97 Å². The fourth-order valence-electron chi connectivity index (χ4n) is 1.61. The Bertz CT molecular complexity index is 322. The van der Waals surface area contributed by atoms with Gasteiger partial charge in [0.1, 0.15) is 0 Å².